The zero-order chi connectivity index (χ0) is 11.7. The van der Waals surface area contributed by atoms with Crippen LogP contribution in [0.25, 0.3) is 4.96 Å². The van der Waals surface area contributed by atoms with E-state index in [-0.39, 0.29) is 5.78 Å². The van der Waals surface area contributed by atoms with E-state index in [1.807, 2.05) is 22.2 Å². The first-order chi connectivity index (χ1) is 8.31. The van der Waals surface area contributed by atoms with Gasteiger partial charge in [-0.05, 0) is 19.4 Å². The highest BCUT2D eigenvalue weighted by molar-refractivity contribution is 7.15. The molecular formula is C12H15N3OS. The predicted molar refractivity (Wildman–Crippen MR) is 67.4 cm³/mol. The fourth-order valence-corrected chi connectivity index (χ4v) is 3.06. The molecule has 1 fully saturated rings. The summed E-state index contributed by atoms with van der Waals surface area (Å²) in [6, 6.07) is 0.395. The van der Waals surface area contributed by atoms with Gasteiger partial charge in [-0.25, -0.2) is 4.98 Å². The lowest BCUT2D eigenvalue weighted by Crippen LogP contribution is -2.25. The van der Waals surface area contributed by atoms with Crippen molar-refractivity contribution in [3.05, 3.63) is 23.5 Å². The molecule has 3 rings (SSSR count). The van der Waals surface area contributed by atoms with Gasteiger partial charge in [0.25, 0.3) is 0 Å². The van der Waals surface area contributed by atoms with Crippen LogP contribution in [-0.4, -0.2) is 27.8 Å². The van der Waals surface area contributed by atoms with Crippen LogP contribution in [0, 0.1) is 0 Å². The standard InChI is InChI=1S/C12H15N3OS/c16-11(6-9-2-1-3-13-9)7-10-8-15-4-5-17-12(15)14-10/h4-5,8-9,13H,1-3,6-7H2. The van der Waals surface area contributed by atoms with E-state index in [0.29, 0.717) is 18.9 Å². The van der Waals surface area contributed by atoms with Crippen LogP contribution in [0.4, 0.5) is 0 Å². The summed E-state index contributed by atoms with van der Waals surface area (Å²) < 4.78 is 1.97. The van der Waals surface area contributed by atoms with E-state index in [2.05, 4.69) is 10.3 Å². The monoisotopic (exact) mass is 249 g/mol. The van der Waals surface area contributed by atoms with Crippen molar-refractivity contribution in [3.8, 4) is 0 Å². The summed E-state index contributed by atoms with van der Waals surface area (Å²) >= 11 is 1.60. The van der Waals surface area contributed by atoms with Crippen molar-refractivity contribution < 1.29 is 4.79 Å². The normalized spacial score (nSPS) is 20.1. The Kier molecular flexibility index (Phi) is 2.94. The van der Waals surface area contributed by atoms with E-state index in [1.165, 1.54) is 6.42 Å². The molecule has 4 nitrogen and oxygen atoms in total. The Labute approximate surface area is 104 Å². The molecule has 0 radical (unpaired) electrons. The van der Waals surface area contributed by atoms with Crippen LogP contribution in [-0.2, 0) is 11.2 Å². The van der Waals surface area contributed by atoms with Crippen molar-refractivity contribution in [1.29, 1.82) is 0 Å². The van der Waals surface area contributed by atoms with Gasteiger partial charge in [-0.1, -0.05) is 0 Å². The van der Waals surface area contributed by atoms with Crippen LogP contribution in [0.2, 0.25) is 0 Å². The molecule has 1 N–H and O–H groups in total. The highest BCUT2D eigenvalue weighted by Crippen LogP contribution is 2.14. The number of hydrogen-bond acceptors (Lipinski definition) is 4. The molecule has 3 heterocycles. The molecule has 2 aromatic rings. The van der Waals surface area contributed by atoms with Gasteiger partial charge in [-0.15, -0.1) is 11.3 Å². The number of aromatic nitrogens is 2. The number of rotatable bonds is 4. The van der Waals surface area contributed by atoms with Gasteiger partial charge in [0, 0.05) is 30.2 Å². The van der Waals surface area contributed by atoms with Crippen LogP contribution in [0.15, 0.2) is 17.8 Å². The minimum Gasteiger partial charge on any atom is -0.314 e. The summed E-state index contributed by atoms with van der Waals surface area (Å²) in [6.45, 7) is 1.05. The molecule has 17 heavy (non-hydrogen) atoms. The molecule has 0 spiro atoms. The van der Waals surface area contributed by atoms with Crippen LogP contribution in [0.3, 0.4) is 0 Å². The van der Waals surface area contributed by atoms with Crippen LogP contribution in [0.1, 0.15) is 25.0 Å². The number of carbonyl (C=O) groups excluding carboxylic acids is 1. The van der Waals surface area contributed by atoms with Crippen molar-refractivity contribution in [1.82, 2.24) is 14.7 Å². The van der Waals surface area contributed by atoms with Crippen LogP contribution < -0.4 is 5.32 Å². The fraction of sp³-hybridized carbons (Fsp3) is 0.500. The third kappa shape index (κ3) is 2.40. The quantitative estimate of drug-likeness (QED) is 0.896. The SMILES string of the molecule is O=C(Cc1cn2ccsc2n1)CC1CCCN1. The van der Waals surface area contributed by atoms with E-state index in [1.54, 1.807) is 11.3 Å². The average Bonchev–Trinajstić information content (AvgIpc) is 2.92. The molecule has 90 valence electrons. The molecular weight excluding hydrogens is 234 g/mol. The number of carbonyl (C=O) groups is 1. The summed E-state index contributed by atoms with van der Waals surface area (Å²) in [5, 5.41) is 5.35. The maximum absolute atomic E-state index is 11.9. The molecule has 2 aromatic heterocycles. The number of nitrogens with one attached hydrogen (secondary N) is 1. The second-order valence-electron chi connectivity index (χ2n) is 4.54. The number of thiazole rings is 1. The van der Waals surface area contributed by atoms with E-state index >= 15 is 0 Å². The molecule has 1 saturated heterocycles. The Morgan fingerprint density at radius 3 is 3.35 bits per heavy atom. The van der Waals surface area contributed by atoms with Crippen molar-refractivity contribution in [3.63, 3.8) is 0 Å². The molecule has 1 aliphatic heterocycles. The van der Waals surface area contributed by atoms with Crippen molar-refractivity contribution in [2.24, 2.45) is 0 Å². The smallest absolute Gasteiger partial charge is 0.193 e. The van der Waals surface area contributed by atoms with Gasteiger partial charge in [-0.3, -0.25) is 9.20 Å². The van der Waals surface area contributed by atoms with Gasteiger partial charge < -0.3 is 5.32 Å². The lowest BCUT2D eigenvalue weighted by atomic mass is 10.1. The third-order valence-electron chi connectivity index (χ3n) is 3.16. The zero-order valence-electron chi connectivity index (χ0n) is 9.56. The maximum Gasteiger partial charge on any atom is 0.193 e. The lowest BCUT2D eigenvalue weighted by molar-refractivity contribution is -0.118. The molecule has 1 aliphatic rings. The molecule has 5 heteroatoms. The minimum atomic E-state index is 0.287. The van der Waals surface area contributed by atoms with Gasteiger partial charge in [-0.2, -0.15) is 0 Å². The Morgan fingerprint density at radius 1 is 1.65 bits per heavy atom. The Hall–Kier alpha value is -1.20. The molecule has 0 aliphatic carbocycles. The summed E-state index contributed by atoms with van der Waals surface area (Å²) in [6.07, 6.45) is 7.35. The number of fused-ring (bicyclic) bond motifs is 1. The Balaban J connectivity index is 1.62. The van der Waals surface area contributed by atoms with Crippen molar-refractivity contribution in [2.45, 2.75) is 31.7 Å². The highest BCUT2D eigenvalue weighted by Gasteiger charge is 2.18. The first-order valence-corrected chi connectivity index (χ1v) is 6.85. The third-order valence-corrected chi connectivity index (χ3v) is 3.93. The van der Waals surface area contributed by atoms with Crippen molar-refractivity contribution in [2.75, 3.05) is 6.54 Å². The Morgan fingerprint density at radius 2 is 2.59 bits per heavy atom. The molecule has 0 aromatic carbocycles. The molecule has 0 bridgehead atoms. The minimum absolute atomic E-state index is 0.287. The number of hydrogen-bond donors (Lipinski definition) is 1. The van der Waals surface area contributed by atoms with Crippen LogP contribution in [0.5, 0.6) is 0 Å². The van der Waals surface area contributed by atoms with Gasteiger partial charge in [0.2, 0.25) is 0 Å². The lowest BCUT2D eigenvalue weighted by Gasteiger charge is -2.07. The molecule has 1 unspecified atom stereocenters. The van der Waals surface area contributed by atoms with Crippen LogP contribution >= 0.6 is 11.3 Å². The summed E-state index contributed by atoms with van der Waals surface area (Å²) in [5.74, 6) is 0.287. The zero-order valence-corrected chi connectivity index (χ0v) is 10.4. The highest BCUT2D eigenvalue weighted by atomic mass is 32.1. The van der Waals surface area contributed by atoms with Gasteiger partial charge in [0.15, 0.2) is 4.96 Å². The maximum atomic E-state index is 11.9. The van der Waals surface area contributed by atoms with E-state index in [9.17, 15) is 4.79 Å². The van der Waals surface area contributed by atoms with E-state index < -0.39 is 0 Å². The molecule has 0 saturated carbocycles. The predicted octanol–water partition coefficient (Wildman–Crippen LogP) is 1.65. The van der Waals surface area contributed by atoms with E-state index in [0.717, 1.165) is 23.6 Å². The van der Waals surface area contributed by atoms with Gasteiger partial charge in [0.1, 0.15) is 5.78 Å². The molecule has 0 amide bonds. The summed E-state index contributed by atoms with van der Waals surface area (Å²) in [7, 11) is 0. The summed E-state index contributed by atoms with van der Waals surface area (Å²) in [5.41, 5.74) is 0.889. The van der Waals surface area contributed by atoms with Gasteiger partial charge >= 0.3 is 0 Å². The second-order valence-corrected chi connectivity index (χ2v) is 5.41. The number of ketones is 1. The number of imidazole rings is 1. The topological polar surface area (TPSA) is 46.4 Å². The second kappa shape index (κ2) is 4.58. The average molecular weight is 249 g/mol. The first-order valence-electron chi connectivity index (χ1n) is 5.97. The van der Waals surface area contributed by atoms with Gasteiger partial charge in [0.05, 0.1) is 12.1 Å². The Bertz CT molecular complexity index is 496. The fourth-order valence-electron chi connectivity index (χ4n) is 2.34. The number of nitrogens with zero attached hydrogens (tertiary/aromatic N) is 2. The number of Topliss-reactive ketones (excluding diaryl/α,β-unsaturated/α-hetero) is 1. The first kappa shape index (κ1) is 10.9. The summed E-state index contributed by atoms with van der Waals surface area (Å²) in [4.78, 5) is 17.3. The van der Waals surface area contributed by atoms with E-state index in [4.69, 9.17) is 0 Å². The van der Waals surface area contributed by atoms with Crippen molar-refractivity contribution >= 4 is 22.1 Å². The molecule has 1 atom stereocenters. The largest absolute Gasteiger partial charge is 0.314 e.